The lowest BCUT2D eigenvalue weighted by atomic mass is 9.81. The summed E-state index contributed by atoms with van der Waals surface area (Å²) in [6.07, 6.45) is 0. The van der Waals surface area contributed by atoms with Gasteiger partial charge in [-0.3, -0.25) is 0 Å². The van der Waals surface area contributed by atoms with Gasteiger partial charge >= 0.3 is 0 Å². The molecule has 0 saturated carbocycles. The van der Waals surface area contributed by atoms with E-state index in [1.54, 1.807) is 0 Å². The third-order valence-corrected chi connectivity index (χ3v) is 15.2. The summed E-state index contributed by atoms with van der Waals surface area (Å²) < 4.78 is 18.1. The van der Waals surface area contributed by atoms with E-state index in [1.807, 2.05) is 36.4 Å². The van der Waals surface area contributed by atoms with E-state index in [0.29, 0.717) is 0 Å². The van der Waals surface area contributed by atoms with Crippen molar-refractivity contribution in [3.63, 3.8) is 0 Å². The van der Waals surface area contributed by atoms with Crippen molar-refractivity contribution in [3.05, 3.63) is 193 Å². The molecular formula is C51H36NOP. The third kappa shape index (κ3) is 4.26. The van der Waals surface area contributed by atoms with E-state index in [2.05, 4.69) is 164 Å². The molecule has 54 heavy (non-hydrogen) atoms. The molecule has 0 N–H and O–H groups in total. The zero-order valence-electron chi connectivity index (χ0n) is 30.1. The summed E-state index contributed by atoms with van der Waals surface area (Å²) in [7, 11) is -3.15. The first-order chi connectivity index (χ1) is 26.4. The largest absolute Gasteiger partial charge is 0.309 e. The predicted octanol–water partition coefficient (Wildman–Crippen LogP) is 12.0. The van der Waals surface area contributed by atoms with Gasteiger partial charge in [0, 0.05) is 37.8 Å². The summed E-state index contributed by atoms with van der Waals surface area (Å²) >= 11 is 0. The van der Waals surface area contributed by atoms with Crippen LogP contribution in [0, 0.1) is 0 Å². The average molecular weight is 710 g/mol. The molecule has 3 heteroatoms. The van der Waals surface area contributed by atoms with Gasteiger partial charge in [0.1, 0.15) is 0 Å². The van der Waals surface area contributed by atoms with E-state index in [9.17, 15) is 0 Å². The van der Waals surface area contributed by atoms with Gasteiger partial charge in [0.15, 0.2) is 7.14 Å². The molecule has 2 heterocycles. The summed E-state index contributed by atoms with van der Waals surface area (Å²) in [6, 6.07) is 64.9. The first-order valence-corrected chi connectivity index (χ1v) is 20.4. The molecule has 0 radical (unpaired) electrons. The van der Waals surface area contributed by atoms with Gasteiger partial charge in [-0.2, -0.15) is 0 Å². The van der Waals surface area contributed by atoms with Crippen molar-refractivity contribution in [1.82, 2.24) is 4.57 Å². The van der Waals surface area contributed by atoms with E-state index in [4.69, 9.17) is 0 Å². The second-order valence-corrected chi connectivity index (χ2v) is 17.9. The Bertz CT molecular complexity index is 3030. The fourth-order valence-corrected chi connectivity index (χ4v) is 12.7. The maximum atomic E-state index is 15.7. The van der Waals surface area contributed by atoms with Gasteiger partial charge in [-0.25, -0.2) is 0 Å². The lowest BCUT2D eigenvalue weighted by Crippen LogP contribution is -2.21. The van der Waals surface area contributed by atoms with Crippen LogP contribution in [0.25, 0.3) is 72.0 Å². The van der Waals surface area contributed by atoms with Crippen LogP contribution in [0.1, 0.15) is 25.0 Å². The Kier molecular flexibility index (Phi) is 6.61. The van der Waals surface area contributed by atoms with E-state index < -0.39 is 7.14 Å². The second-order valence-electron chi connectivity index (χ2n) is 15.2. The van der Waals surface area contributed by atoms with Crippen molar-refractivity contribution < 1.29 is 4.57 Å². The Morgan fingerprint density at radius 1 is 0.463 bits per heavy atom. The molecule has 2 nitrogen and oxygen atoms in total. The molecule has 0 saturated heterocycles. The number of benzene rings is 8. The molecular weight excluding hydrogens is 674 g/mol. The van der Waals surface area contributed by atoms with Crippen molar-refractivity contribution in [2.75, 3.05) is 0 Å². The van der Waals surface area contributed by atoms with E-state index >= 15 is 4.57 Å². The fraction of sp³-hybridized carbons (Fsp3) is 0.0588. The number of nitrogens with zero attached hydrogens (tertiary/aromatic N) is 1. The first-order valence-electron chi connectivity index (χ1n) is 18.7. The van der Waals surface area contributed by atoms with Crippen LogP contribution in [0.3, 0.4) is 0 Å². The zero-order chi connectivity index (χ0) is 36.2. The third-order valence-electron chi connectivity index (χ3n) is 12.0. The average Bonchev–Trinajstić information content (AvgIpc) is 3.79. The van der Waals surface area contributed by atoms with Crippen LogP contribution in [0.15, 0.2) is 182 Å². The maximum Gasteiger partial charge on any atom is 0.172 e. The highest BCUT2D eigenvalue weighted by Gasteiger charge is 2.42. The molecule has 8 aromatic carbocycles. The topological polar surface area (TPSA) is 22.0 Å². The quantitative estimate of drug-likeness (QED) is 0.167. The molecule has 0 amide bonds. The van der Waals surface area contributed by atoms with E-state index in [1.165, 1.54) is 44.5 Å². The molecule has 1 aliphatic carbocycles. The van der Waals surface area contributed by atoms with Crippen LogP contribution in [0.2, 0.25) is 0 Å². The van der Waals surface area contributed by atoms with Crippen LogP contribution >= 0.6 is 7.14 Å². The summed E-state index contributed by atoms with van der Waals surface area (Å²) in [4.78, 5) is 0. The first kappa shape index (κ1) is 31.3. The summed E-state index contributed by atoms with van der Waals surface area (Å²) in [5, 5.41) is 4.95. The van der Waals surface area contributed by atoms with Gasteiger partial charge in [0.2, 0.25) is 0 Å². The highest BCUT2D eigenvalue weighted by Crippen LogP contribution is 2.55. The molecule has 9 aromatic rings. The molecule has 0 fully saturated rings. The molecule has 1 atom stereocenters. The number of hydrogen-bond donors (Lipinski definition) is 0. The van der Waals surface area contributed by atoms with Crippen molar-refractivity contribution in [1.29, 1.82) is 0 Å². The van der Waals surface area contributed by atoms with E-state index in [-0.39, 0.29) is 5.41 Å². The lowest BCUT2D eigenvalue weighted by Gasteiger charge is -2.22. The monoisotopic (exact) mass is 709 g/mol. The highest BCUT2D eigenvalue weighted by atomic mass is 31.2. The van der Waals surface area contributed by atoms with Crippen LogP contribution in [-0.4, -0.2) is 4.57 Å². The van der Waals surface area contributed by atoms with Crippen LogP contribution in [0.4, 0.5) is 0 Å². The zero-order valence-corrected chi connectivity index (χ0v) is 31.0. The molecule has 256 valence electrons. The number of hydrogen-bond acceptors (Lipinski definition) is 1. The molecule has 0 bridgehead atoms. The number of aromatic nitrogens is 1. The lowest BCUT2D eigenvalue weighted by molar-refractivity contribution is 0.593. The Labute approximate surface area is 315 Å². The number of rotatable bonds is 4. The van der Waals surface area contributed by atoms with E-state index in [0.717, 1.165) is 54.5 Å². The minimum Gasteiger partial charge on any atom is -0.309 e. The van der Waals surface area contributed by atoms with Crippen LogP contribution in [0.5, 0.6) is 0 Å². The predicted molar refractivity (Wildman–Crippen MR) is 228 cm³/mol. The van der Waals surface area contributed by atoms with Gasteiger partial charge in [-0.05, 0) is 92.0 Å². The van der Waals surface area contributed by atoms with Crippen molar-refractivity contribution in [3.8, 4) is 50.2 Å². The minimum absolute atomic E-state index is 0.118. The van der Waals surface area contributed by atoms with Gasteiger partial charge < -0.3 is 9.13 Å². The summed E-state index contributed by atoms with van der Waals surface area (Å²) in [5.74, 6) is 0. The number of para-hydroxylation sites is 1. The fourth-order valence-electron chi connectivity index (χ4n) is 9.40. The number of fused-ring (bicyclic) bond motifs is 10. The second kappa shape index (κ2) is 11.4. The molecule has 1 aliphatic heterocycles. The van der Waals surface area contributed by atoms with Crippen LogP contribution < -0.4 is 15.9 Å². The Hall–Kier alpha value is -6.21. The Morgan fingerprint density at radius 3 is 1.72 bits per heavy atom. The highest BCUT2D eigenvalue weighted by molar-refractivity contribution is 7.86. The summed E-state index contributed by atoms with van der Waals surface area (Å²) in [6.45, 7) is 4.71. The Balaban J connectivity index is 1.03. The normalized spacial score (nSPS) is 16.3. The molecule has 2 aliphatic rings. The smallest absolute Gasteiger partial charge is 0.172 e. The molecule has 1 aromatic heterocycles. The Morgan fingerprint density at radius 2 is 1.02 bits per heavy atom. The molecule has 11 rings (SSSR count). The van der Waals surface area contributed by atoms with Gasteiger partial charge in [-0.15, -0.1) is 0 Å². The van der Waals surface area contributed by atoms with Crippen molar-refractivity contribution >= 4 is 44.9 Å². The standard InChI is InChI=1S/C51H36NOP/c1-51(2)44-31-35(33-13-5-3-6-14-33)23-27-39(44)40-28-24-36(32-45(40)51)34-21-25-37(26-22-34)52-46-19-11-9-18-43(46)49-47(52)30-29-42-41-17-10-12-20-48(41)54(53,50(42)49)38-15-7-4-8-16-38/h3-32H,1-2H3. The molecule has 1 unspecified atom stereocenters. The maximum absolute atomic E-state index is 15.7. The summed E-state index contributed by atoms with van der Waals surface area (Å²) in [5.41, 5.74) is 15.6. The SMILES string of the molecule is CC1(C)c2cc(-c3ccccc3)ccc2-c2ccc(-c3ccc(-n4c5ccccc5c5c6c(ccc54)-c4ccccc4P6(=O)c4ccccc4)cc3)cc21. The molecule has 0 spiro atoms. The minimum atomic E-state index is -3.15. The van der Waals surface area contributed by atoms with Gasteiger partial charge in [0.25, 0.3) is 0 Å². The van der Waals surface area contributed by atoms with Crippen LogP contribution in [-0.2, 0) is 9.98 Å². The van der Waals surface area contributed by atoms with Crippen molar-refractivity contribution in [2.24, 2.45) is 0 Å². The van der Waals surface area contributed by atoms with Crippen molar-refractivity contribution in [2.45, 2.75) is 19.3 Å². The van der Waals surface area contributed by atoms with Gasteiger partial charge in [0.05, 0.1) is 11.0 Å². The van der Waals surface area contributed by atoms with Gasteiger partial charge in [-0.1, -0.05) is 159 Å².